The average Bonchev–Trinajstić information content (AvgIpc) is 3.15. The second kappa shape index (κ2) is 8.25. The van der Waals surface area contributed by atoms with E-state index >= 15 is 0 Å². The van der Waals surface area contributed by atoms with Gasteiger partial charge in [0.2, 0.25) is 0 Å². The molecule has 4 rings (SSSR count). The number of fused-ring (bicyclic) bond motifs is 1. The van der Waals surface area contributed by atoms with Crippen molar-refractivity contribution in [2.45, 2.75) is 6.42 Å². The monoisotopic (exact) mass is 378 g/mol. The van der Waals surface area contributed by atoms with Crippen LogP contribution in [0.3, 0.4) is 0 Å². The number of nitrogens with one attached hydrogen (secondary N) is 1. The molecule has 6 heteroatoms. The number of aliphatic imine (C=N–C) groups is 1. The molecule has 146 valence electrons. The van der Waals surface area contributed by atoms with E-state index in [0.29, 0.717) is 5.75 Å². The number of guanidine groups is 1. The number of piperazine rings is 1. The second-order valence-corrected chi connectivity index (χ2v) is 6.94. The van der Waals surface area contributed by atoms with Gasteiger partial charge in [0.1, 0.15) is 17.1 Å². The highest BCUT2D eigenvalue weighted by atomic mass is 16.3. The van der Waals surface area contributed by atoms with Crippen molar-refractivity contribution in [1.82, 2.24) is 10.2 Å². The molecule has 1 aromatic heterocycles. The van der Waals surface area contributed by atoms with Gasteiger partial charge in [-0.15, -0.1) is 0 Å². The number of para-hydroxylation sites is 3. The van der Waals surface area contributed by atoms with Crippen LogP contribution in [0, 0.1) is 0 Å². The number of rotatable bonds is 4. The first kappa shape index (κ1) is 18.2. The lowest BCUT2D eigenvalue weighted by Crippen LogP contribution is -2.52. The number of benzene rings is 2. The fourth-order valence-electron chi connectivity index (χ4n) is 3.68. The zero-order valence-electron chi connectivity index (χ0n) is 16.1. The summed E-state index contributed by atoms with van der Waals surface area (Å²) >= 11 is 0. The van der Waals surface area contributed by atoms with Crippen LogP contribution in [0.15, 0.2) is 64.0 Å². The second-order valence-electron chi connectivity index (χ2n) is 6.94. The molecule has 2 heterocycles. The van der Waals surface area contributed by atoms with E-state index < -0.39 is 0 Å². The largest absolute Gasteiger partial charge is 0.506 e. The smallest absolute Gasteiger partial charge is 0.193 e. The minimum atomic E-state index is 0.337. The summed E-state index contributed by atoms with van der Waals surface area (Å²) in [5.41, 5.74) is 1.83. The van der Waals surface area contributed by atoms with Gasteiger partial charge >= 0.3 is 0 Å². The van der Waals surface area contributed by atoms with E-state index in [1.54, 1.807) is 6.07 Å². The Kier molecular flexibility index (Phi) is 5.37. The van der Waals surface area contributed by atoms with Gasteiger partial charge in [-0.3, -0.25) is 4.99 Å². The van der Waals surface area contributed by atoms with E-state index in [2.05, 4.69) is 32.2 Å². The summed E-state index contributed by atoms with van der Waals surface area (Å²) in [6, 6.07) is 17.7. The molecule has 0 atom stereocenters. The first-order valence-electron chi connectivity index (χ1n) is 9.70. The van der Waals surface area contributed by atoms with E-state index in [0.717, 1.165) is 67.5 Å². The Morgan fingerprint density at radius 3 is 2.57 bits per heavy atom. The molecule has 28 heavy (non-hydrogen) atoms. The summed E-state index contributed by atoms with van der Waals surface area (Å²) in [4.78, 5) is 8.91. The SMILES string of the molecule is CN=C(NCCc1cc2ccccc2o1)N1CCN(c2ccccc2O)CC1. The van der Waals surface area contributed by atoms with Crippen LogP contribution in [0.2, 0.25) is 0 Å². The van der Waals surface area contributed by atoms with Crippen LogP contribution < -0.4 is 10.2 Å². The number of nitrogens with zero attached hydrogens (tertiary/aromatic N) is 3. The highest BCUT2D eigenvalue weighted by molar-refractivity contribution is 5.80. The van der Waals surface area contributed by atoms with Crippen molar-refractivity contribution >= 4 is 22.6 Å². The Morgan fingerprint density at radius 2 is 1.82 bits per heavy atom. The molecule has 0 unspecified atom stereocenters. The third-order valence-electron chi connectivity index (χ3n) is 5.14. The van der Waals surface area contributed by atoms with Crippen molar-refractivity contribution in [1.29, 1.82) is 0 Å². The number of furan rings is 1. The molecular formula is C22H26N4O2. The molecule has 2 N–H and O–H groups in total. The predicted octanol–water partition coefficient (Wildman–Crippen LogP) is 3.08. The van der Waals surface area contributed by atoms with Crippen LogP contribution in [0.4, 0.5) is 5.69 Å². The summed E-state index contributed by atoms with van der Waals surface area (Å²) < 4.78 is 5.88. The lowest BCUT2D eigenvalue weighted by atomic mass is 10.2. The van der Waals surface area contributed by atoms with Crippen LogP contribution in [-0.2, 0) is 6.42 Å². The van der Waals surface area contributed by atoms with Crippen LogP contribution in [0.1, 0.15) is 5.76 Å². The fourth-order valence-corrected chi connectivity index (χ4v) is 3.68. The van der Waals surface area contributed by atoms with Gasteiger partial charge in [0, 0.05) is 51.6 Å². The van der Waals surface area contributed by atoms with E-state index in [-0.39, 0.29) is 0 Å². The van der Waals surface area contributed by atoms with Crippen LogP contribution >= 0.6 is 0 Å². The van der Waals surface area contributed by atoms with Gasteiger partial charge in [-0.1, -0.05) is 30.3 Å². The number of phenolic OH excluding ortho intramolecular Hbond substituents is 1. The highest BCUT2D eigenvalue weighted by Crippen LogP contribution is 2.27. The number of hydrogen-bond acceptors (Lipinski definition) is 4. The quantitative estimate of drug-likeness (QED) is 0.540. The molecule has 1 aliphatic rings. The lowest BCUT2D eigenvalue weighted by molar-refractivity contribution is 0.369. The maximum atomic E-state index is 10.1. The van der Waals surface area contributed by atoms with Gasteiger partial charge in [-0.25, -0.2) is 0 Å². The molecule has 0 spiro atoms. The van der Waals surface area contributed by atoms with Crippen molar-refractivity contribution < 1.29 is 9.52 Å². The first-order valence-corrected chi connectivity index (χ1v) is 9.70. The number of aromatic hydroxyl groups is 1. The summed E-state index contributed by atoms with van der Waals surface area (Å²) in [6.45, 7) is 4.19. The van der Waals surface area contributed by atoms with Crippen molar-refractivity contribution in [3.8, 4) is 5.75 Å². The van der Waals surface area contributed by atoms with Gasteiger partial charge in [0.05, 0.1) is 5.69 Å². The lowest BCUT2D eigenvalue weighted by Gasteiger charge is -2.37. The molecule has 1 fully saturated rings. The summed E-state index contributed by atoms with van der Waals surface area (Å²) in [6.07, 6.45) is 0.811. The topological polar surface area (TPSA) is 64.2 Å². The Labute approximate surface area is 165 Å². The van der Waals surface area contributed by atoms with E-state index in [1.165, 1.54) is 0 Å². The molecular weight excluding hydrogens is 352 g/mol. The fraction of sp³-hybridized carbons (Fsp3) is 0.318. The Balaban J connectivity index is 1.29. The molecule has 0 aliphatic carbocycles. The first-order chi connectivity index (χ1) is 13.7. The highest BCUT2D eigenvalue weighted by Gasteiger charge is 2.21. The van der Waals surface area contributed by atoms with Gasteiger partial charge < -0.3 is 24.6 Å². The predicted molar refractivity (Wildman–Crippen MR) is 113 cm³/mol. The van der Waals surface area contributed by atoms with Crippen molar-refractivity contribution in [2.75, 3.05) is 44.7 Å². The maximum absolute atomic E-state index is 10.1. The molecule has 0 radical (unpaired) electrons. The normalized spacial score (nSPS) is 15.2. The average molecular weight is 378 g/mol. The van der Waals surface area contributed by atoms with Crippen molar-refractivity contribution in [3.63, 3.8) is 0 Å². The van der Waals surface area contributed by atoms with E-state index in [1.807, 2.05) is 43.4 Å². The minimum Gasteiger partial charge on any atom is -0.506 e. The van der Waals surface area contributed by atoms with Gasteiger partial charge in [-0.2, -0.15) is 0 Å². The van der Waals surface area contributed by atoms with E-state index in [9.17, 15) is 5.11 Å². The molecule has 0 saturated carbocycles. The van der Waals surface area contributed by atoms with Gasteiger partial charge in [0.25, 0.3) is 0 Å². The molecule has 0 amide bonds. The Morgan fingerprint density at radius 1 is 1.07 bits per heavy atom. The van der Waals surface area contributed by atoms with Crippen molar-refractivity contribution in [3.05, 3.63) is 60.4 Å². The third kappa shape index (κ3) is 3.91. The minimum absolute atomic E-state index is 0.337. The van der Waals surface area contributed by atoms with Crippen LogP contribution in [0.5, 0.6) is 5.75 Å². The maximum Gasteiger partial charge on any atom is 0.193 e. The van der Waals surface area contributed by atoms with Gasteiger partial charge in [0.15, 0.2) is 5.96 Å². The molecule has 1 aliphatic heterocycles. The zero-order valence-corrected chi connectivity index (χ0v) is 16.1. The van der Waals surface area contributed by atoms with Crippen molar-refractivity contribution in [2.24, 2.45) is 4.99 Å². The molecule has 2 aromatic carbocycles. The van der Waals surface area contributed by atoms with E-state index in [4.69, 9.17) is 4.42 Å². The Bertz CT molecular complexity index is 925. The van der Waals surface area contributed by atoms with Crippen LogP contribution in [-0.4, -0.2) is 55.7 Å². The Hall–Kier alpha value is -3.15. The molecule has 6 nitrogen and oxygen atoms in total. The third-order valence-corrected chi connectivity index (χ3v) is 5.14. The zero-order chi connectivity index (χ0) is 19.3. The summed E-state index contributed by atoms with van der Waals surface area (Å²) in [7, 11) is 1.82. The summed E-state index contributed by atoms with van der Waals surface area (Å²) in [5.74, 6) is 2.23. The molecule has 0 bridgehead atoms. The summed E-state index contributed by atoms with van der Waals surface area (Å²) in [5, 5.41) is 14.6. The number of phenols is 1. The van der Waals surface area contributed by atoms with Crippen LogP contribution in [0.25, 0.3) is 11.0 Å². The molecule has 3 aromatic rings. The number of anilines is 1. The van der Waals surface area contributed by atoms with Gasteiger partial charge in [-0.05, 0) is 24.3 Å². The number of hydrogen-bond donors (Lipinski definition) is 2. The standard InChI is InChI=1S/C22H26N4O2/c1-23-22(24-11-10-18-16-17-6-2-5-9-21(17)28-18)26-14-12-25(13-15-26)19-7-3-4-8-20(19)27/h2-9,16,27H,10-15H2,1H3,(H,23,24). The molecule has 1 saturated heterocycles.